The molecular weight excluding hydrogens is 394 g/mol. The van der Waals surface area contributed by atoms with Crippen molar-refractivity contribution < 1.29 is 14.4 Å². The number of rotatable bonds is 8. The number of anilines is 1. The van der Waals surface area contributed by atoms with E-state index in [0.717, 1.165) is 37.7 Å². The van der Waals surface area contributed by atoms with E-state index in [-0.39, 0.29) is 29.7 Å². The maximum absolute atomic E-state index is 13.9. The SMILES string of the molecule is CCNC(=O)C1Cc2cccnc2N1C(=O)C(NC(=O)C(CC)NC)C1CCCCC1. The highest BCUT2D eigenvalue weighted by Crippen LogP contribution is 2.34. The number of fused-ring (bicyclic) bond motifs is 1. The molecule has 8 heteroatoms. The van der Waals surface area contributed by atoms with Crippen molar-refractivity contribution in [2.24, 2.45) is 5.92 Å². The number of nitrogens with zero attached hydrogens (tertiary/aromatic N) is 2. The van der Waals surface area contributed by atoms with Crippen molar-refractivity contribution in [3.8, 4) is 0 Å². The number of nitrogens with one attached hydrogen (secondary N) is 3. The second kappa shape index (κ2) is 10.7. The Kier molecular flexibility index (Phi) is 8.01. The summed E-state index contributed by atoms with van der Waals surface area (Å²) in [6.07, 6.45) is 7.72. The zero-order chi connectivity index (χ0) is 22.4. The van der Waals surface area contributed by atoms with Gasteiger partial charge in [0, 0.05) is 19.2 Å². The molecule has 1 saturated carbocycles. The lowest BCUT2D eigenvalue weighted by atomic mass is 9.83. The van der Waals surface area contributed by atoms with Crippen LogP contribution in [0.2, 0.25) is 0 Å². The van der Waals surface area contributed by atoms with Gasteiger partial charge in [0.2, 0.25) is 11.8 Å². The van der Waals surface area contributed by atoms with Crippen LogP contribution in [-0.2, 0) is 20.8 Å². The molecule has 8 nitrogen and oxygen atoms in total. The van der Waals surface area contributed by atoms with Crippen molar-refractivity contribution >= 4 is 23.5 Å². The van der Waals surface area contributed by atoms with Gasteiger partial charge in [0.05, 0.1) is 6.04 Å². The maximum Gasteiger partial charge on any atom is 0.251 e. The van der Waals surface area contributed by atoms with E-state index in [1.54, 1.807) is 13.2 Å². The minimum Gasteiger partial charge on any atom is -0.355 e. The zero-order valence-corrected chi connectivity index (χ0v) is 18.8. The van der Waals surface area contributed by atoms with E-state index >= 15 is 0 Å². The minimum absolute atomic E-state index is 0.0576. The van der Waals surface area contributed by atoms with E-state index in [9.17, 15) is 14.4 Å². The van der Waals surface area contributed by atoms with Gasteiger partial charge in [-0.15, -0.1) is 0 Å². The van der Waals surface area contributed by atoms with E-state index in [1.165, 1.54) is 4.90 Å². The van der Waals surface area contributed by atoms with Crippen LogP contribution in [0.25, 0.3) is 0 Å². The summed E-state index contributed by atoms with van der Waals surface area (Å²) in [6, 6.07) is 2.05. The molecule has 1 fully saturated rings. The minimum atomic E-state index is -0.667. The molecule has 3 atom stereocenters. The van der Waals surface area contributed by atoms with Crippen molar-refractivity contribution in [1.82, 2.24) is 20.9 Å². The molecule has 2 heterocycles. The Morgan fingerprint density at radius 1 is 1.19 bits per heavy atom. The van der Waals surface area contributed by atoms with E-state index in [0.29, 0.717) is 25.2 Å². The number of hydrogen-bond acceptors (Lipinski definition) is 5. The van der Waals surface area contributed by atoms with Gasteiger partial charge >= 0.3 is 0 Å². The van der Waals surface area contributed by atoms with Gasteiger partial charge in [-0.3, -0.25) is 19.3 Å². The van der Waals surface area contributed by atoms with Crippen molar-refractivity contribution in [1.29, 1.82) is 0 Å². The molecule has 0 saturated heterocycles. The van der Waals surface area contributed by atoms with Gasteiger partial charge in [0.1, 0.15) is 17.9 Å². The highest BCUT2D eigenvalue weighted by atomic mass is 16.2. The average molecular weight is 430 g/mol. The lowest BCUT2D eigenvalue weighted by Gasteiger charge is -2.35. The predicted molar refractivity (Wildman–Crippen MR) is 120 cm³/mol. The van der Waals surface area contributed by atoms with Gasteiger partial charge in [-0.2, -0.15) is 0 Å². The van der Waals surface area contributed by atoms with Crippen LogP contribution in [0.1, 0.15) is 57.9 Å². The first-order valence-electron chi connectivity index (χ1n) is 11.5. The Labute approximate surface area is 184 Å². The Morgan fingerprint density at radius 3 is 2.58 bits per heavy atom. The second-order valence-corrected chi connectivity index (χ2v) is 8.44. The number of pyridine rings is 1. The van der Waals surface area contributed by atoms with Crippen molar-refractivity contribution in [3.63, 3.8) is 0 Å². The molecule has 31 heavy (non-hydrogen) atoms. The standard InChI is InChI=1S/C23H35N5O3/c1-4-17(24-3)21(29)27-19(15-10-7-6-8-11-15)23(31)28-18(22(30)25-5-2)14-16-12-9-13-26-20(16)28/h9,12-13,15,17-19,24H,4-8,10-11,14H2,1-3H3,(H,25,30)(H,27,29). The molecule has 0 aromatic carbocycles. The van der Waals surface area contributed by atoms with Gasteiger partial charge in [-0.25, -0.2) is 4.98 Å². The number of hydrogen-bond donors (Lipinski definition) is 3. The number of carbonyl (C=O) groups excluding carboxylic acids is 3. The van der Waals surface area contributed by atoms with Crippen LogP contribution in [0.3, 0.4) is 0 Å². The lowest BCUT2D eigenvalue weighted by molar-refractivity contribution is -0.131. The molecule has 1 aromatic heterocycles. The molecule has 3 rings (SSSR count). The highest BCUT2D eigenvalue weighted by molar-refractivity contribution is 6.06. The summed E-state index contributed by atoms with van der Waals surface area (Å²) in [5.74, 6) is -0.0188. The van der Waals surface area contributed by atoms with Crippen LogP contribution >= 0.6 is 0 Å². The predicted octanol–water partition coefficient (Wildman–Crippen LogP) is 1.54. The molecule has 0 radical (unpaired) electrons. The van der Waals surface area contributed by atoms with Crippen LogP contribution < -0.4 is 20.9 Å². The van der Waals surface area contributed by atoms with E-state index in [1.807, 2.05) is 26.0 Å². The normalized spacial score (nSPS) is 20.6. The number of carbonyl (C=O) groups is 3. The van der Waals surface area contributed by atoms with Crippen LogP contribution in [-0.4, -0.2) is 54.4 Å². The summed E-state index contributed by atoms with van der Waals surface area (Å²) in [7, 11) is 1.75. The van der Waals surface area contributed by atoms with Gasteiger partial charge in [0.15, 0.2) is 0 Å². The molecule has 3 N–H and O–H groups in total. The Morgan fingerprint density at radius 2 is 1.94 bits per heavy atom. The first-order chi connectivity index (χ1) is 15.0. The van der Waals surface area contributed by atoms with Crippen molar-refractivity contribution in [2.45, 2.75) is 76.9 Å². The van der Waals surface area contributed by atoms with Gasteiger partial charge in [-0.1, -0.05) is 32.3 Å². The summed E-state index contributed by atoms with van der Waals surface area (Å²) in [5, 5.41) is 8.89. The molecule has 1 aromatic rings. The monoisotopic (exact) mass is 429 g/mol. The summed E-state index contributed by atoms with van der Waals surface area (Å²) in [4.78, 5) is 45.6. The smallest absolute Gasteiger partial charge is 0.251 e. The fraction of sp³-hybridized carbons (Fsp3) is 0.652. The van der Waals surface area contributed by atoms with Crippen LogP contribution in [0.4, 0.5) is 5.82 Å². The number of aromatic nitrogens is 1. The van der Waals surface area contributed by atoms with Crippen LogP contribution in [0, 0.1) is 5.92 Å². The van der Waals surface area contributed by atoms with Gasteiger partial charge < -0.3 is 16.0 Å². The van der Waals surface area contributed by atoms with Crippen LogP contribution in [0.5, 0.6) is 0 Å². The van der Waals surface area contributed by atoms with Gasteiger partial charge in [-0.05, 0) is 50.8 Å². The topological polar surface area (TPSA) is 103 Å². The molecule has 1 aliphatic carbocycles. The molecule has 0 bridgehead atoms. The molecule has 0 spiro atoms. The quantitative estimate of drug-likeness (QED) is 0.582. The molecular formula is C23H35N5O3. The summed E-state index contributed by atoms with van der Waals surface area (Å²) >= 11 is 0. The fourth-order valence-corrected chi connectivity index (χ4v) is 4.79. The zero-order valence-electron chi connectivity index (χ0n) is 18.8. The van der Waals surface area contributed by atoms with Gasteiger partial charge in [0.25, 0.3) is 5.91 Å². The van der Waals surface area contributed by atoms with Crippen LogP contribution in [0.15, 0.2) is 18.3 Å². The van der Waals surface area contributed by atoms with E-state index in [4.69, 9.17) is 0 Å². The summed E-state index contributed by atoms with van der Waals surface area (Å²) in [5.41, 5.74) is 0.877. The Balaban J connectivity index is 1.93. The fourth-order valence-electron chi connectivity index (χ4n) is 4.79. The molecule has 2 aliphatic rings. The molecule has 3 unspecified atom stereocenters. The Bertz CT molecular complexity index is 789. The lowest BCUT2D eigenvalue weighted by Crippen LogP contribution is -2.59. The number of likely N-dealkylation sites (N-methyl/N-ethyl adjacent to an activating group) is 2. The third-order valence-electron chi connectivity index (χ3n) is 6.47. The largest absolute Gasteiger partial charge is 0.355 e. The van der Waals surface area contributed by atoms with E-state index in [2.05, 4.69) is 20.9 Å². The average Bonchev–Trinajstić information content (AvgIpc) is 3.18. The third-order valence-corrected chi connectivity index (χ3v) is 6.47. The molecule has 3 amide bonds. The van der Waals surface area contributed by atoms with E-state index < -0.39 is 12.1 Å². The maximum atomic E-state index is 13.9. The number of amides is 3. The van der Waals surface area contributed by atoms with Crippen molar-refractivity contribution in [2.75, 3.05) is 18.5 Å². The second-order valence-electron chi connectivity index (χ2n) is 8.44. The first kappa shape index (κ1) is 23.2. The third kappa shape index (κ3) is 5.06. The molecule has 170 valence electrons. The highest BCUT2D eigenvalue weighted by Gasteiger charge is 2.44. The summed E-state index contributed by atoms with van der Waals surface area (Å²) in [6.45, 7) is 4.28. The summed E-state index contributed by atoms with van der Waals surface area (Å²) < 4.78 is 0. The van der Waals surface area contributed by atoms with Crippen molar-refractivity contribution in [3.05, 3.63) is 23.9 Å². The molecule has 1 aliphatic heterocycles. The first-order valence-corrected chi connectivity index (χ1v) is 11.5. The Hall–Kier alpha value is -2.48.